The average Bonchev–Trinajstić information content (AvgIpc) is 3.26. The lowest BCUT2D eigenvalue weighted by molar-refractivity contribution is 0.196. The van der Waals surface area contributed by atoms with Gasteiger partial charge in [0.15, 0.2) is 0 Å². The van der Waals surface area contributed by atoms with Crippen molar-refractivity contribution in [1.29, 1.82) is 0 Å². The van der Waals surface area contributed by atoms with Gasteiger partial charge in [-0.1, -0.05) is 26.0 Å². The summed E-state index contributed by atoms with van der Waals surface area (Å²) in [7, 11) is 0. The van der Waals surface area contributed by atoms with Gasteiger partial charge in [0.2, 0.25) is 0 Å². The van der Waals surface area contributed by atoms with Crippen LogP contribution in [-0.2, 0) is 5.41 Å². The summed E-state index contributed by atoms with van der Waals surface area (Å²) in [5, 5.41) is 3.06. The number of carbonyl (C=O) groups is 1. The van der Waals surface area contributed by atoms with Gasteiger partial charge in [-0.3, -0.25) is 0 Å². The van der Waals surface area contributed by atoms with Crippen LogP contribution in [0.25, 0.3) is 0 Å². The number of benzene rings is 1. The smallest absolute Gasteiger partial charge is 0.317 e. The maximum atomic E-state index is 13.0. The molecule has 3 nitrogen and oxygen atoms in total. The molecule has 0 radical (unpaired) electrons. The molecule has 1 aliphatic carbocycles. The minimum absolute atomic E-state index is 0.0205. The lowest BCUT2D eigenvalue weighted by Crippen LogP contribution is -2.43. The second-order valence-corrected chi connectivity index (χ2v) is 5.93. The van der Waals surface area contributed by atoms with Crippen LogP contribution in [0.5, 0.6) is 0 Å². The van der Waals surface area contributed by atoms with Gasteiger partial charge in [0, 0.05) is 25.0 Å². The zero-order chi connectivity index (χ0) is 15.3. The molecule has 0 saturated heterocycles. The summed E-state index contributed by atoms with van der Waals surface area (Å²) in [6, 6.07) is 6.69. The van der Waals surface area contributed by atoms with Crippen molar-refractivity contribution >= 4 is 6.03 Å². The highest BCUT2D eigenvalue weighted by Crippen LogP contribution is 2.47. The number of nitrogens with one attached hydrogen (secondary N) is 1. The van der Waals surface area contributed by atoms with Gasteiger partial charge in [0.25, 0.3) is 0 Å². The Labute approximate surface area is 126 Å². The lowest BCUT2D eigenvalue weighted by atomic mass is 9.96. The molecular formula is C17H25FN2O. The van der Waals surface area contributed by atoms with Crippen molar-refractivity contribution in [2.45, 2.75) is 44.9 Å². The molecule has 4 heteroatoms. The Bertz CT molecular complexity index is 462. The molecule has 0 atom stereocenters. The standard InChI is InChI=1S/C17H25FN2O/c1-3-11-20(12-4-2)16(21)19-13-17(9-10-17)14-5-7-15(18)8-6-14/h5-8H,3-4,9-13H2,1-2H3,(H,19,21). The van der Waals surface area contributed by atoms with E-state index in [2.05, 4.69) is 19.2 Å². The molecule has 0 bridgehead atoms. The van der Waals surface area contributed by atoms with E-state index in [4.69, 9.17) is 0 Å². The van der Waals surface area contributed by atoms with Crippen molar-refractivity contribution in [3.63, 3.8) is 0 Å². The number of urea groups is 1. The maximum Gasteiger partial charge on any atom is 0.317 e. The van der Waals surface area contributed by atoms with Crippen LogP contribution in [0.1, 0.15) is 45.1 Å². The summed E-state index contributed by atoms with van der Waals surface area (Å²) >= 11 is 0. The van der Waals surface area contributed by atoms with Crippen LogP contribution in [0.2, 0.25) is 0 Å². The Morgan fingerprint density at radius 3 is 2.24 bits per heavy atom. The number of carbonyl (C=O) groups excluding carboxylic acids is 1. The first kappa shape index (κ1) is 15.8. The monoisotopic (exact) mass is 292 g/mol. The van der Waals surface area contributed by atoms with E-state index in [-0.39, 0.29) is 17.3 Å². The van der Waals surface area contributed by atoms with E-state index in [1.807, 2.05) is 17.0 Å². The Balaban J connectivity index is 1.92. The number of hydrogen-bond acceptors (Lipinski definition) is 1. The number of hydrogen-bond donors (Lipinski definition) is 1. The summed E-state index contributed by atoms with van der Waals surface area (Å²) in [5.41, 5.74) is 1.15. The van der Waals surface area contributed by atoms with Gasteiger partial charge in [-0.15, -0.1) is 0 Å². The molecule has 116 valence electrons. The van der Waals surface area contributed by atoms with Crippen LogP contribution in [-0.4, -0.2) is 30.6 Å². The molecule has 21 heavy (non-hydrogen) atoms. The maximum absolute atomic E-state index is 13.0. The van der Waals surface area contributed by atoms with E-state index in [1.54, 1.807) is 0 Å². The minimum atomic E-state index is -0.212. The van der Waals surface area contributed by atoms with Crippen LogP contribution in [0, 0.1) is 5.82 Å². The molecule has 0 unspecified atom stereocenters. The van der Waals surface area contributed by atoms with Crippen LogP contribution in [0.15, 0.2) is 24.3 Å². The zero-order valence-corrected chi connectivity index (χ0v) is 13.0. The molecular weight excluding hydrogens is 267 g/mol. The molecule has 0 spiro atoms. The summed E-state index contributed by atoms with van der Waals surface area (Å²) < 4.78 is 13.0. The molecule has 0 aliphatic heterocycles. The van der Waals surface area contributed by atoms with E-state index in [0.717, 1.165) is 44.3 Å². The number of amides is 2. The first-order valence-electron chi connectivity index (χ1n) is 7.90. The number of halogens is 1. The molecule has 1 fully saturated rings. The second kappa shape index (κ2) is 6.92. The molecule has 1 aliphatic rings. The highest BCUT2D eigenvalue weighted by molar-refractivity contribution is 5.74. The van der Waals surface area contributed by atoms with Crippen LogP contribution in [0.4, 0.5) is 9.18 Å². The highest BCUT2D eigenvalue weighted by Gasteiger charge is 2.44. The highest BCUT2D eigenvalue weighted by atomic mass is 19.1. The molecule has 1 saturated carbocycles. The number of nitrogens with zero attached hydrogens (tertiary/aromatic N) is 1. The predicted octanol–water partition coefficient (Wildman–Crippen LogP) is 3.69. The third-order valence-corrected chi connectivity index (χ3v) is 4.16. The normalized spacial score (nSPS) is 15.6. The van der Waals surface area contributed by atoms with Crippen molar-refractivity contribution in [3.05, 3.63) is 35.6 Å². The van der Waals surface area contributed by atoms with Gasteiger partial charge in [-0.25, -0.2) is 9.18 Å². The SMILES string of the molecule is CCCN(CCC)C(=O)NCC1(c2ccc(F)cc2)CC1. The van der Waals surface area contributed by atoms with Crippen molar-refractivity contribution in [2.24, 2.45) is 0 Å². The third kappa shape index (κ3) is 3.96. The summed E-state index contributed by atoms with van der Waals surface area (Å²) in [6.45, 7) is 6.39. The first-order chi connectivity index (χ1) is 10.1. The third-order valence-electron chi connectivity index (χ3n) is 4.16. The Morgan fingerprint density at radius 2 is 1.76 bits per heavy atom. The zero-order valence-electron chi connectivity index (χ0n) is 13.0. The average molecular weight is 292 g/mol. The topological polar surface area (TPSA) is 32.3 Å². The fourth-order valence-corrected chi connectivity index (χ4v) is 2.73. The molecule has 2 rings (SSSR count). The quantitative estimate of drug-likeness (QED) is 0.816. The largest absolute Gasteiger partial charge is 0.337 e. The molecule has 1 aromatic carbocycles. The Kier molecular flexibility index (Phi) is 5.21. The van der Waals surface area contributed by atoms with Gasteiger partial charge >= 0.3 is 6.03 Å². The molecule has 0 aromatic heterocycles. The molecule has 1 N–H and O–H groups in total. The Morgan fingerprint density at radius 1 is 1.19 bits per heavy atom. The van der Waals surface area contributed by atoms with Gasteiger partial charge in [0.05, 0.1) is 0 Å². The fourth-order valence-electron chi connectivity index (χ4n) is 2.73. The summed E-state index contributed by atoms with van der Waals surface area (Å²) in [5.74, 6) is -0.212. The Hall–Kier alpha value is -1.58. The van der Waals surface area contributed by atoms with Crippen molar-refractivity contribution in [3.8, 4) is 0 Å². The van der Waals surface area contributed by atoms with Crippen molar-refractivity contribution < 1.29 is 9.18 Å². The fraction of sp³-hybridized carbons (Fsp3) is 0.588. The summed E-state index contributed by atoms with van der Waals surface area (Å²) in [4.78, 5) is 14.1. The van der Waals surface area contributed by atoms with E-state index < -0.39 is 0 Å². The van der Waals surface area contributed by atoms with E-state index >= 15 is 0 Å². The number of rotatable bonds is 7. The second-order valence-electron chi connectivity index (χ2n) is 5.93. The molecule has 2 amide bonds. The van der Waals surface area contributed by atoms with Crippen LogP contribution < -0.4 is 5.32 Å². The van der Waals surface area contributed by atoms with Crippen molar-refractivity contribution in [2.75, 3.05) is 19.6 Å². The lowest BCUT2D eigenvalue weighted by Gasteiger charge is -2.24. The van der Waals surface area contributed by atoms with E-state index in [9.17, 15) is 9.18 Å². The van der Waals surface area contributed by atoms with Gasteiger partial charge in [-0.05, 0) is 43.4 Å². The summed E-state index contributed by atoms with van der Waals surface area (Å²) in [6.07, 6.45) is 4.05. The van der Waals surface area contributed by atoms with Crippen LogP contribution in [0.3, 0.4) is 0 Å². The van der Waals surface area contributed by atoms with Crippen LogP contribution >= 0.6 is 0 Å². The minimum Gasteiger partial charge on any atom is -0.337 e. The first-order valence-corrected chi connectivity index (χ1v) is 7.90. The van der Waals surface area contributed by atoms with E-state index in [0.29, 0.717) is 6.54 Å². The van der Waals surface area contributed by atoms with E-state index in [1.165, 1.54) is 12.1 Å². The van der Waals surface area contributed by atoms with Crippen molar-refractivity contribution in [1.82, 2.24) is 10.2 Å². The van der Waals surface area contributed by atoms with Gasteiger partial charge in [0.1, 0.15) is 5.82 Å². The predicted molar refractivity (Wildman–Crippen MR) is 82.9 cm³/mol. The van der Waals surface area contributed by atoms with Gasteiger partial charge < -0.3 is 10.2 Å². The molecule has 0 heterocycles. The molecule has 1 aromatic rings. The van der Waals surface area contributed by atoms with Gasteiger partial charge in [-0.2, -0.15) is 0 Å².